The van der Waals surface area contributed by atoms with Gasteiger partial charge in [-0.3, -0.25) is 10.1 Å². The van der Waals surface area contributed by atoms with Gasteiger partial charge in [0.15, 0.2) is 0 Å². The molecule has 0 amide bonds. The number of nitro benzene ring substituents is 1. The van der Waals surface area contributed by atoms with E-state index in [0.717, 1.165) is 31.3 Å². The van der Waals surface area contributed by atoms with Gasteiger partial charge in [-0.25, -0.2) is 4.79 Å². The highest BCUT2D eigenvalue weighted by Gasteiger charge is 2.15. The summed E-state index contributed by atoms with van der Waals surface area (Å²) in [6.07, 6.45) is 6.97. The summed E-state index contributed by atoms with van der Waals surface area (Å²) in [5.74, 6) is -0.446. The number of non-ortho nitro benzene ring substituents is 1. The van der Waals surface area contributed by atoms with Crippen LogP contribution < -0.4 is 0 Å². The molecule has 0 aromatic heterocycles. The second-order valence-corrected chi connectivity index (χ2v) is 5.84. The van der Waals surface area contributed by atoms with Crippen LogP contribution in [0, 0.1) is 10.1 Å². The monoisotopic (exact) mass is 319 g/mol. The molecule has 0 saturated carbocycles. The van der Waals surface area contributed by atoms with Crippen molar-refractivity contribution in [3.05, 3.63) is 51.6 Å². The largest absolute Gasteiger partial charge is 0.455 e. The molecule has 5 nitrogen and oxygen atoms in total. The average Bonchev–Trinajstić information content (AvgIpc) is 2.51. The minimum atomic E-state index is -0.491. The predicted octanol–water partition coefficient (Wildman–Crippen LogP) is 5.06. The average molecular weight is 319 g/mol. The Kier molecular flexibility index (Phi) is 8.02. The van der Waals surface area contributed by atoms with Crippen molar-refractivity contribution in [1.82, 2.24) is 0 Å². The summed E-state index contributed by atoms with van der Waals surface area (Å²) < 4.78 is 5.54. The summed E-state index contributed by atoms with van der Waals surface area (Å²) in [4.78, 5) is 22.3. The minimum Gasteiger partial charge on any atom is -0.455 e. The maximum Gasteiger partial charge on any atom is 0.338 e. The number of esters is 1. The van der Waals surface area contributed by atoms with Gasteiger partial charge in [-0.2, -0.15) is 0 Å². The zero-order valence-electron chi connectivity index (χ0n) is 14.1. The third-order valence-corrected chi connectivity index (χ3v) is 3.43. The Labute approximate surface area is 137 Å². The second kappa shape index (κ2) is 9.77. The molecule has 0 fully saturated rings. The molecule has 0 aliphatic carbocycles. The van der Waals surface area contributed by atoms with Crippen molar-refractivity contribution in [2.75, 3.05) is 0 Å². The Bertz CT molecular complexity index is 545. The molecule has 0 aliphatic rings. The predicted molar refractivity (Wildman–Crippen MR) is 90.5 cm³/mol. The van der Waals surface area contributed by atoms with Gasteiger partial charge in [0.1, 0.15) is 6.10 Å². The van der Waals surface area contributed by atoms with Crippen LogP contribution in [-0.4, -0.2) is 17.0 Å². The third kappa shape index (κ3) is 7.08. The van der Waals surface area contributed by atoms with Crippen LogP contribution >= 0.6 is 0 Å². The van der Waals surface area contributed by atoms with Gasteiger partial charge in [-0.1, -0.05) is 31.8 Å². The SMILES string of the molecule is CCCCCCC(C=C(C)C)OC(=O)c1ccc([N+](=O)[O-])cc1. The van der Waals surface area contributed by atoms with Crippen molar-refractivity contribution in [1.29, 1.82) is 0 Å². The lowest BCUT2D eigenvalue weighted by Crippen LogP contribution is -2.16. The molecule has 1 aromatic rings. The first-order valence-corrected chi connectivity index (χ1v) is 8.04. The number of hydrogen-bond acceptors (Lipinski definition) is 4. The fraction of sp³-hybridized carbons (Fsp3) is 0.500. The molecule has 0 radical (unpaired) electrons. The molecule has 1 unspecified atom stereocenters. The van der Waals surface area contributed by atoms with E-state index in [1.54, 1.807) is 0 Å². The Hall–Kier alpha value is -2.17. The molecular weight excluding hydrogens is 294 g/mol. The van der Waals surface area contributed by atoms with Crippen LogP contribution in [0.4, 0.5) is 5.69 Å². The summed E-state index contributed by atoms with van der Waals surface area (Å²) in [5, 5.41) is 10.6. The Morgan fingerprint density at radius 3 is 2.39 bits per heavy atom. The number of nitrogens with zero attached hydrogens (tertiary/aromatic N) is 1. The summed E-state index contributed by atoms with van der Waals surface area (Å²) in [6, 6.07) is 5.48. The van der Waals surface area contributed by atoms with Crippen molar-refractivity contribution < 1.29 is 14.5 Å². The van der Waals surface area contributed by atoms with Gasteiger partial charge in [-0.05, 0) is 44.9 Å². The quantitative estimate of drug-likeness (QED) is 0.210. The van der Waals surface area contributed by atoms with Crippen molar-refractivity contribution in [3.8, 4) is 0 Å². The molecule has 0 heterocycles. The molecular formula is C18H25NO4. The number of allylic oxidation sites excluding steroid dienone is 1. The summed E-state index contributed by atoms with van der Waals surface area (Å²) >= 11 is 0. The number of carbonyl (C=O) groups is 1. The van der Waals surface area contributed by atoms with E-state index >= 15 is 0 Å². The molecule has 23 heavy (non-hydrogen) atoms. The lowest BCUT2D eigenvalue weighted by Gasteiger charge is -2.15. The molecule has 1 aromatic carbocycles. The molecule has 1 rings (SSSR count). The van der Waals surface area contributed by atoms with Crippen molar-refractivity contribution >= 4 is 11.7 Å². The van der Waals surface area contributed by atoms with Gasteiger partial charge in [0.25, 0.3) is 5.69 Å². The van der Waals surface area contributed by atoms with Crippen molar-refractivity contribution in [2.45, 2.75) is 59.0 Å². The second-order valence-electron chi connectivity index (χ2n) is 5.84. The first-order valence-electron chi connectivity index (χ1n) is 8.04. The molecule has 0 aliphatic heterocycles. The summed E-state index contributed by atoms with van der Waals surface area (Å²) in [7, 11) is 0. The maximum absolute atomic E-state index is 12.2. The fourth-order valence-corrected chi connectivity index (χ4v) is 2.25. The van der Waals surface area contributed by atoms with E-state index in [1.807, 2.05) is 19.9 Å². The third-order valence-electron chi connectivity index (χ3n) is 3.43. The van der Waals surface area contributed by atoms with E-state index in [4.69, 9.17) is 4.74 Å². The first-order chi connectivity index (χ1) is 10.9. The molecule has 0 spiro atoms. The zero-order chi connectivity index (χ0) is 17.2. The first kappa shape index (κ1) is 18.9. The van der Waals surface area contributed by atoms with Crippen LogP contribution in [0.1, 0.15) is 63.2 Å². The van der Waals surface area contributed by atoms with E-state index in [-0.39, 0.29) is 11.8 Å². The zero-order valence-corrected chi connectivity index (χ0v) is 14.1. The van der Waals surface area contributed by atoms with Crippen molar-refractivity contribution in [3.63, 3.8) is 0 Å². The molecule has 0 bridgehead atoms. The molecule has 0 saturated heterocycles. The highest BCUT2D eigenvalue weighted by atomic mass is 16.6. The molecule has 1 atom stereocenters. The van der Waals surface area contributed by atoms with Crippen molar-refractivity contribution in [2.24, 2.45) is 0 Å². The number of unbranched alkanes of at least 4 members (excludes halogenated alkanes) is 3. The lowest BCUT2D eigenvalue weighted by atomic mass is 10.1. The smallest absolute Gasteiger partial charge is 0.338 e. The van der Waals surface area contributed by atoms with Gasteiger partial charge in [0.2, 0.25) is 0 Å². The number of ether oxygens (including phenoxy) is 1. The number of benzene rings is 1. The van der Waals surface area contributed by atoms with E-state index in [0.29, 0.717) is 5.56 Å². The van der Waals surface area contributed by atoms with Gasteiger partial charge >= 0.3 is 5.97 Å². The van der Waals surface area contributed by atoms with Gasteiger partial charge in [-0.15, -0.1) is 0 Å². The van der Waals surface area contributed by atoms with Crippen LogP contribution in [0.5, 0.6) is 0 Å². The van der Waals surface area contributed by atoms with E-state index in [2.05, 4.69) is 6.92 Å². The fourth-order valence-electron chi connectivity index (χ4n) is 2.25. The minimum absolute atomic E-state index is 0.0398. The van der Waals surface area contributed by atoms with Crippen LogP contribution in [-0.2, 0) is 4.74 Å². The van der Waals surface area contributed by atoms with Crippen LogP contribution in [0.15, 0.2) is 35.9 Å². The van der Waals surface area contributed by atoms with E-state index in [9.17, 15) is 14.9 Å². The van der Waals surface area contributed by atoms with Gasteiger partial charge in [0, 0.05) is 12.1 Å². The number of rotatable bonds is 9. The maximum atomic E-state index is 12.2. The van der Waals surface area contributed by atoms with Crippen LogP contribution in [0.3, 0.4) is 0 Å². The molecule has 5 heteroatoms. The highest BCUT2D eigenvalue weighted by molar-refractivity contribution is 5.89. The molecule has 126 valence electrons. The Balaban J connectivity index is 2.68. The number of nitro groups is 1. The molecule has 0 N–H and O–H groups in total. The lowest BCUT2D eigenvalue weighted by molar-refractivity contribution is -0.384. The Morgan fingerprint density at radius 1 is 1.22 bits per heavy atom. The normalized spacial score (nSPS) is 11.6. The Morgan fingerprint density at radius 2 is 1.87 bits per heavy atom. The van der Waals surface area contributed by atoms with Crippen LogP contribution in [0.2, 0.25) is 0 Å². The number of carbonyl (C=O) groups excluding carboxylic acids is 1. The van der Waals surface area contributed by atoms with Crippen LogP contribution in [0.25, 0.3) is 0 Å². The van der Waals surface area contributed by atoms with Gasteiger partial charge < -0.3 is 4.74 Å². The van der Waals surface area contributed by atoms with E-state index in [1.165, 1.54) is 30.7 Å². The topological polar surface area (TPSA) is 69.4 Å². The standard InChI is InChI=1S/C18H25NO4/c1-4-5-6-7-8-17(13-14(2)3)23-18(20)15-9-11-16(12-10-15)19(21)22/h9-13,17H,4-8H2,1-3H3. The van der Waals surface area contributed by atoms with E-state index < -0.39 is 10.9 Å². The highest BCUT2D eigenvalue weighted by Crippen LogP contribution is 2.16. The number of hydrogen-bond donors (Lipinski definition) is 0. The van der Waals surface area contributed by atoms with Gasteiger partial charge in [0.05, 0.1) is 10.5 Å². The summed E-state index contributed by atoms with van der Waals surface area (Å²) in [5.41, 5.74) is 1.39. The summed E-state index contributed by atoms with van der Waals surface area (Å²) in [6.45, 7) is 6.10.